The highest BCUT2D eigenvalue weighted by Gasteiger charge is 2.29. The third kappa shape index (κ3) is 4.28. The summed E-state index contributed by atoms with van der Waals surface area (Å²) in [6.45, 7) is 5.83. The number of amides is 1. The number of anilines is 1. The van der Waals surface area contributed by atoms with Crippen LogP contribution < -0.4 is 15.4 Å². The zero-order chi connectivity index (χ0) is 16.2. The lowest BCUT2D eigenvalue weighted by Crippen LogP contribution is -2.48. The van der Waals surface area contributed by atoms with Crippen LogP contribution in [0, 0.1) is 18.8 Å². The van der Waals surface area contributed by atoms with Crippen molar-refractivity contribution in [3.8, 4) is 11.5 Å². The fourth-order valence-electron chi connectivity index (χ4n) is 2.59. The Morgan fingerprint density at radius 3 is 2.62 bits per heavy atom. The van der Waals surface area contributed by atoms with Crippen molar-refractivity contribution in [2.45, 2.75) is 13.8 Å². The van der Waals surface area contributed by atoms with E-state index in [0.29, 0.717) is 17.4 Å². The van der Waals surface area contributed by atoms with Gasteiger partial charge in [0.1, 0.15) is 5.75 Å². The first-order valence-electron chi connectivity index (χ1n) is 7.98. The summed E-state index contributed by atoms with van der Waals surface area (Å²) >= 11 is 0. The number of rotatable bonds is 5. The van der Waals surface area contributed by atoms with Crippen LogP contribution in [0.3, 0.4) is 0 Å². The molecule has 1 saturated heterocycles. The van der Waals surface area contributed by atoms with Crippen molar-refractivity contribution in [1.82, 2.24) is 5.32 Å². The summed E-state index contributed by atoms with van der Waals surface area (Å²) in [6.07, 6.45) is 0. The molecule has 1 unspecified atom stereocenters. The van der Waals surface area contributed by atoms with Crippen LogP contribution in [0.4, 0.5) is 5.69 Å². The van der Waals surface area contributed by atoms with Crippen molar-refractivity contribution < 1.29 is 9.53 Å². The average molecular weight is 347 g/mol. The van der Waals surface area contributed by atoms with Gasteiger partial charge in [0.25, 0.3) is 0 Å². The number of benzene rings is 2. The summed E-state index contributed by atoms with van der Waals surface area (Å²) in [5, 5.41) is 6.21. The second kappa shape index (κ2) is 8.18. The van der Waals surface area contributed by atoms with Gasteiger partial charge in [-0.3, -0.25) is 4.79 Å². The molecule has 0 bridgehead atoms. The second-order valence-corrected chi connectivity index (χ2v) is 6.11. The number of nitrogens with one attached hydrogen (secondary N) is 2. The minimum atomic E-state index is -0.0109. The largest absolute Gasteiger partial charge is 0.455 e. The van der Waals surface area contributed by atoms with Gasteiger partial charge in [-0.25, -0.2) is 0 Å². The standard InChI is InChI=1S/C19H22N2O2.ClH/c1-13-6-5-7-16(10-13)23-18-9-4-3-8-17(18)21-19(22)14(2)15-11-20-12-15;/h3-10,14-15,20H,11-12H2,1-2H3,(H,21,22);1H. The maximum absolute atomic E-state index is 12.4. The summed E-state index contributed by atoms with van der Waals surface area (Å²) in [6, 6.07) is 15.4. The predicted molar refractivity (Wildman–Crippen MR) is 99.1 cm³/mol. The molecule has 1 atom stereocenters. The van der Waals surface area contributed by atoms with E-state index in [1.165, 1.54) is 0 Å². The van der Waals surface area contributed by atoms with E-state index in [2.05, 4.69) is 10.6 Å². The molecule has 1 heterocycles. The highest BCUT2D eigenvalue weighted by atomic mass is 35.5. The molecule has 1 aliphatic rings. The van der Waals surface area contributed by atoms with E-state index < -0.39 is 0 Å². The number of ether oxygens (including phenoxy) is 1. The van der Waals surface area contributed by atoms with E-state index in [1.54, 1.807) is 0 Å². The van der Waals surface area contributed by atoms with Gasteiger partial charge in [-0.15, -0.1) is 12.4 Å². The predicted octanol–water partition coefficient (Wildman–Crippen LogP) is 4.00. The van der Waals surface area contributed by atoms with E-state index in [-0.39, 0.29) is 24.2 Å². The number of para-hydroxylation sites is 2. The third-order valence-corrected chi connectivity index (χ3v) is 4.30. The van der Waals surface area contributed by atoms with Crippen LogP contribution in [0.25, 0.3) is 0 Å². The third-order valence-electron chi connectivity index (χ3n) is 4.30. The van der Waals surface area contributed by atoms with Crippen LogP contribution in [-0.2, 0) is 4.79 Å². The maximum atomic E-state index is 12.4. The Bertz CT molecular complexity index is 701. The Hall–Kier alpha value is -2.04. The Kier molecular flexibility index (Phi) is 6.23. The fourth-order valence-corrected chi connectivity index (χ4v) is 2.59. The molecule has 24 heavy (non-hydrogen) atoms. The highest BCUT2D eigenvalue weighted by molar-refractivity contribution is 5.94. The number of halogens is 1. The molecular formula is C19H23ClN2O2. The molecule has 3 rings (SSSR count). The van der Waals surface area contributed by atoms with Crippen molar-refractivity contribution >= 4 is 24.0 Å². The zero-order valence-electron chi connectivity index (χ0n) is 13.9. The Morgan fingerprint density at radius 2 is 1.96 bits per heavy atom. The molecule has 4 nitrogen and oxygen atoms in total. The van der Waals surface area contributed by atoms with E-state index in [9.17, 15) is 4.79 Å². The van der Waals surface area contributed by atoms with Crippen LogP contribution >= 0.6 is 12.4 Å². The van der Waals surface area contributed by atoms with Crippen LogP contribution in [0.1, 0.15) is 12.5 Å². The van der Waals surface area contributed by atoms with Gasteiger partial charge in [-0.2, -0.15) is 0 Å². The van der Waals surface area contributed by atoms with E-state index in [4.69, 9.17) is 4.74 Å². The SMILES string of the molecule is Cc1cccc(Oc2ccccc2NC(=O)C(C)C2CNC2)c1.Cl. The van der Waals surface area contributed by atoms with Gasteiger partial charge in [0.2, 0.25) is 5.91 Å². The minimum absolute atomic E-state index is 0. The monoisotopic (exact) mass is 346 g/mol. The van der Waals surface area contributed by atoms with Gasteiger partial charge in [0.15, 0.2) is 5.75 Å². The molecule has 5 heteroatoms. The molecule has 128 valence electrons. The minimum Gasteiger partial charge on any atom is -0.455 e. The fraction of sp³-hybridized carbons (Fsp3) is 0.316. The van der Waals surface area contributed by atoms with E-state index in [1.807, 2.05) is 62.4 Å². The lowest BCUT2D eigenvalue weighted by Gasteiger charge is -2.31. The molecule has 1 fully saturated rings. The quantitative estimate of drug-likeness (QED) is 0.860. The summed E-state index contributed by atoms with van der Waals surface area (Å²) in [5.41, 5.74) is 1.84. The molecule has 2 aromatic carbocycles. The van der Waals surface area contributed by atoms with Gasteiger partial charge < -0.3 is 15.4 Å². The van der Waals surface area contributed by atoms with Crippen molar-refractivity contribution in [3.63, 3.8) is 0 Å². The second-order valence-electron chi connectivity index (χ2n) is 6.11. The molecule has 0 aromatic heterocycles. The van der Waals surface area contributed by atoms with Gasteiger partial charge in [-0.05, 0) is 55.8 Å². The smallest absolute Gasteiger partial charge is 0.227 e. The lowest BCUT2D eigenvalue weighted by atomic mass is 9.88. The van der Waals surface area contributed by atoms with Gasteiger partial charge in [-0.1, -0.05) is 31.2 Å². The van der Waals surface area contributed by atoms with Crippen molar-refractivity contribution in [2.24, 2.45) is 11.8 Å². The number of carbonyl (C=O) groups excluding carboxylic acids is 1. The molecule has 0 aliphatic carbocycles. The maximum Gasteiger partial charge on any atom is 0.227 e. The van der Waals surface area contributed by atoms with Crippen molar-refractivity contribution in [1.29, 1.82) is 0 Å². The Labute approximate surface area is 149 Å². The molecular weight excluding hydrogens is 324 g/mol. The van der Waals surface area contributed by atoms with Crippen LogP contribution in [0.5, 0.6) is 11.5 Å². The Balaban J connectivity index is 0.00000208. The number of hydrogen-bond donors (Lipinski definition) is 2. The van der Waals surface area contributed by atoms with Gasteiger partial charge >= 0.3 is 0 Å². The molecule has 1 amide bonds. The van der Waals surface area contributed by atoms with Crippen molar-refractivity contribution in [2.75, 3.05) is 18.4 Å². The van der Waals surface area contributed by atoms with Crippen LogP contribution in [0.2, 0.25) is 0 Å². The molecule has 1 aliphatic heterocycles. The normalized spacial score (nSPS) is 14.9. The molecule has 0 saturated carbocycles. The van der Waals surface area contributed by atoms with Crippen molar-refractivity contribution in [3.05, 3.63) is 54.1 Å². The summed E-state index contributed by atoms with van der Waals surface area (Å²) in [5.74, 6) is 1.87. The first-order valence-corrected chi connectivity index (χ1v) is 7.98. The highest BCUT2D eigenvalue weighted by Crippen LogP contribution is 2.30. The first kappa shape index (κ1) is 18.3. The Morgan fingerprint density at radius 1 is 1.21 bits per heavy atom. The summed E-state index contributed by atoms with van der Waals surface area (Å²) in [7, 11) is 0. The molecule has 0 spiro atoms. The number of carbonyl (C=O) groups is 1. The van der Waals surface area contributed by atoms with E-state index >= 15 is 0 Å². The van der Waals surface area contributed by atoms with Gasteiger partial charge in [0, 0.05) is 5.92 Å². The average Bonchev–Trinajstić information content (AvgIpc) is 2.47. The topological polar surface area (TPSA) is 50.4 Å². The summed E-state index contributed by atoms with van der Waals surface area (Å²) < 4.78 is 5.94. The number of hydrogen-bond acceptors (Lipinski definition) is 3. The van der Waals surface area contributed by atoms with Crippen LogP contribution in [0.15, 0.2) is 48.5 Å². The number of aryl methyl sites for hydroxylation is 1. The van der Waals surface area contributed by atoms with E-state index in [0.717, 1.165) is 24.4 Å². The van der Waals surface area contributed by atoms with Crippen LogP contribution in [-0.4, -0.2) is 19.0 Å². The molecule has 2 aromatic rings. The zero-order valence-corrected chi connectivity index (χ0v) is 14.7. The van der Waals surface area contributed by atoms with Gasteiger partial charge in [0.05, 0.1) is 5.69 Å². The molecule has 2 N–H and O–H groups in total. The first-order chi connectivity index (χ1) is 11.1. The summed E-state index contributed by atoms with van der Waals surface area (Å²) in [4.78, 5) is 12.4. The molecule has 0 radical (unpaired) electrons. The lowest BCUT2D eigenvalue weighted by molar-refractivity contribution is -0.121.